The maximum atomic E-state index is 11.2. The fraction of sp³-hybridized carbons (Fsp3) is 0.417. The van der Waals surface area contributed by atoms with Crippen LogP contribution in [-0.4, -0.2) is 19.8 Å². The van der Waals surface area contributed by atoms with Gasteiger partial charge in [-0.3, -0.25) is 5.32 Å². The summed E-state index contributed by atoms with van der Waals surface area (Å²) in [4.78, 5) is 11.2. The molecule has 0 bridgehead atoms. The first kappa shape index (κ1) is 12.4. The monoisotopic (exact) mass is 223 g/mol. The van der Waals surface area contributed by atoms with E-state index in [1.54, 1.807) is 20.1 Å². The average Bonchev–Trinajstić information content (AvgIpc) is 2.29. The lowest BCUT2D eigenvalue weighted by Gasteiger charge is -2.10. The highest BCUT2D eigenvalue weighted by atomic mass is 16.5. The van der Waals surface area contributed by atoms with Crippen LogP contribution in [0.4, 0.5) is 10.5 Å². The molecule has 0 fully saturated rings. The van der Waals surface area contributed by atoms with Crippen molar-refractivity contribution in [3.63, 3.8) is 0 Å². The lowest BCUT2D eigenvalue weighted by Crippen LogP contribution is -2.13. The van der Waals surface area contributed by atoms with Crippen LogP contribution in [0.15, 0.2) is 18.2 Å². The summed E-state index contributed by atoms with van der Waals surface area (Å²) in [5.41, 5.74) is 1.77. The lowest BCUT2D eigenvalue weighted by atomic mass is 10.1. The molecule has 1 rings (SSSR count). The largest absolute Gasteiger partial charge is 0.496 e. The molecule has 0 radical (unpaired) electrons. The van der Waals surface area contributed by atoms with Crippen molar-refractivity contribution in [1.82, 2.24) is 0 Å². The summed E-state index contributed by atoms with van der Waals surface area (Å²) in [5, 5.41) is 2.65. The fourth-order valence-corrected chi connectivity index (χ4v) is 1.42. The molecule has 1 aromatic rings. The Labute approximate surface area is 95.6 Å². The van der Waals surface area contributed by atoms with E-state index >= 15 is 0 Å². The molecule has 0 aliphatic heterocycles. The van der Waals surface area contributed by atoms with Crippen LogP contribution in [0.25, 0.3) is 0 Å². The zero-order valence-electron chi connectivity index (χ0n) is 9.87. The first-order valence-electron chi connectivity index (χ1n) is 5.32. The number of methoxy groups -OCH3 is 1. The molecule has 4 nitrogen and oxygen atoms in total. The number of hydrogen-bond donors (Lipinski definition) is 1. The maximum absolute atomic E-state index is 11.2. The molecule has 0 heterocycles. The molecule has 0 aromatic heterocycles. The molecule has 0 aliphatic rings. The zero-order valence-corrected chi connectivity index (χ0v) is 9.87. The molecule has 0 spiro atoms. The lowest BCUT2D eigenvalue weighted by molar-refractivity contribution is 0.168. The van der Waals surface area contributed by atoms with Gasteiger partial charge in [-0.05, 0) is 37.1 Å². The van der Waals surface area contributed by atoms with Gasteiger partial charge in [0.1, 0.15) is 5.75 Å². The average molecular weight is 223 g/mol. The second-order valence-electron chi connectivity index (χ2n) is 3.23. The van der Waals surface area contributed by atoms with Crippen LogP contribution < -0.4 is 10.1 Å². The SMILES string of the molecule is CCOC(=O)Nc1ccc(OC)c(CC)c1. The number of carbonyl (C=O) groups is 1. The molecule has 0 aliphatic carbocycles. The summed E-state index contributed by atoms with van der Waals surface area (Å²) in [5.74, 6) is 0.830. The van der Waals surface area contributed by atoms with Crippen LogP contribution in [0.1, 0.15) is 19.4 Å². The van der Waals surface area contributed by atoms with Gasteiger partial charge < -0.3 is 9.47 Å². The highest BCUT2D eigenvalue weighted by Crippen LogP contribution is 2.22. The number of benzene rings is 1. The third kappa shape index (κ3) is 3.15. The van der Waals surface area contributed by atoms with Crippen LogP contribution in [0.3, 0.4) is 0 Å². The van der Waals surface area contributed by atoms with Gasteiger partial charge in [0.2, 0.25) is 0 Å². The van der Waals surface area contributed by atoms with Crippen molar-refractivity contribution >= 4 is 11.8 Å². The summed E-state index contributed by atoms with van der Waals surface area (Å²) < 4.78 is 9.99. The Kier molecular flexibility index (Phi) is 4.64. The number of aryl methyl sites for hydroxylation is 1. The normalized spacial score (nSPS) is 9.69. The van der Waals surface area contributed by atoms with Crippen LogP contribution in [0.2, 0.25) is 0 Å². The van der Waals surface area contributed by atoms with Crippen molar-refractivity contribution in [3.05, 3.63) is 23.8 Å². The van der Waals surface area contributed by atoms with E-state index in [2.05, 4.69) is 5.32 Å². The van der Waals surface area contributed by atoms with Gasteiger partial charge in [-0.15, -0.1) is 0 Å². The Hall–Kier alpha value is -1.71. The predicted molar refractivity (Wildman–Crippen MR) is 63.0 cm³/mol. The summed E-state index contributed by atoms with van der Waals surface area (Å²) in [7, 11) is 1.63. The molecule has 88 valence electrons. The second kappa shape index (κ2) is 6.00. The highest BCUT2D eigenvalue weighted by molar-refractivity contribution is 5.84. The number of rotatable bonds is 4. The van der Waals surface area contributed by atoms with E-state index in [-0.39, 0.29) is 0 Å². The highest BCUT2D eigenvalue weighted by Gasteiger charge is 2.05. The van der Waals surface area contributed by atoms with E-state index in [1.165, 1.54) is 0 Å². The van der Waals surface area contributed by atoms with Gasteiger partial charge in [0.15, 0.2) is 0 Å². The smallest absolute Gasteiger partial charge is 0.411 e. The molecule has 1 aromatic carbocycles. The molecule has 0 saturated heterocycles. The number of carbonyl (C=O) groups excluding carboxylic acids is 1. The predicted octanol–water partition coefficient (Wildman–Crippen LogP) is 2.83. The van der Waals surface area contributed by atoms with Crippen molar-refractivity contribution in [2.24, 2.45) is 0 Å². The Balaban J connectivity index is 2.78. The van der Waals surface area contributed by atoms with Gasteiger partial charge in [-0.1, -0.05) is 6.92 Å². The molecule has 0 atom stereocenters. The molecule has 0 saturated carbocycles. The first-order valence-corrected chi connectivity index (χ1v) is 5.32. The van der Waals surface area contributed by atoms with Crippen LogP contribution in [0.5, 0.6) is 5.75 Å². The Morgan fingerprint density at radius 1 is 1.38 bits per heavy atom. The van der Waals surface area contributed by atoms with Crippen molar-refractivity contribution in [2.45, 2.75) is 20.3 Å². The van der Waals surface area contributed by atoms with Crippen LogP contribution in [0, 0.1) is 0 Å². The second-order valence-corrected chi connectivity index (χ2v) is 3.23. The van der Waals surface area contributed by atoms with Crippen LogP contribution in [-0.2, 0) is 11.2 Å². The molecular weight excluding hydrogens is 206 g/mol. The Morgan fingerprint density at radius 2 is 2.12 bits per heavy atom. The summed E-state index contributed by atoms with van der Waals surface area (Å²) in [6.07, 6.45) is 0.413. The quantitative estimate of drug-likeness (QED) is 0.853. The third-order valence-electron chi connectivity index (χ3n) is 2.18. The third-order valence-corrected chi connectivity index (χ3v) is 2.18. The Bertz CT molecular complexity index is 363. The van der Waals surface area contributed by atoms with E-state index in [4.69, 9.17) is 9.47 Å². The number of nitrogens with one attached hydrogen (secondary N) is 1. The van der Waals surface area contributed by atoms with Gasteiger partial charge in [0.25, 0.3) is 0 Å². The van der Waals surface area contributed by atoms with E-state index in [9.17, 15) is 4.79 Å². The molecule has 4 heteroatoms. The van der Waals surface area contributed by atoms with E-state index in [0.29, 0.717) is 6.61 Å². The van der Waals surface area contributed by atoms with E-state index in [0.717, 1.165) is 23.4 Å². The van der Waals surface area contributed by atoms with Gasteiger partial charge in [-0.25, -0.2) is 4.79 Å². The first-order chi connectivity index (χ1) is 7.71. The van der Waals surface area contributed by atoms with E-state index < -0.39 is 6.09 Å². The van der Waals surface area contributed by atoms with Gasteiger partial charge in [0.05, 0.1) is 13.7 Å². The molecule has 1 N–H and O–H groups in total. The number of anilines is 1. The minimum Gasteiger partial charge on any atom is -0.496 e. The van der Waals surface area contributed by atoms with Crippen molar-refractivity contribution in [3.8, 4) is 5.75 Å². The standard InChI is InChI=1S/C12H17NO3/c1-4-9-8-10(6-7-11(9)15-3)13-12(14)16-5-2/h6-8H,4-5H2,1-3H3,(H,13,14). The van der Waals surface area contributed by atoms with Gasteiger partial charge in [0, 0.05) is 5.69 Å². The van der Waals surface area contributed by atoms with Gasteiger partial charge in [-0.2, -0.15) is 0 Å². The fourth-order valence-electron chi connectivity index (χ4n) is 1.42. The van der Waals surface area contributed by atoms with Crippen molar-refractivity contribution in [1.29, 1.82) is 0 Å². The molecule has 1 amide bonds. The zero-order chi connectivity index (χ0) is 12.0. The molecule has 0 unspecified atom stereocenters. The van der Waals surface area contributed by atoms with E-state index in [1.807, 2.05) is 19.1 Å². The summed E-state index contributed by atoms with van der Waals surface area (Å²) >= 11 is 0. The number of amides is 1. The Morgan fingerprint density at radius 3 is 2.69 bits per heavy atom. The maximum Gasteiger partial charge on any atom is 0.411 e. The topological polar surface area (TPSA) is 47.6 Å². The molecular formula is C12H17NO3. The minimum absolute atomic E-state index is 0.364. The van der Waals surface area contributed by atoms with Crippen molar-refractivity contribution < 1.29 is 14.3 Å². The minimum atomic E-state index is -0.435. The summed E-state index contributed by atoms with van der Waals surface area (Å²) in [6, 6.07) is 5.51. The van der Waals surface area contributed by atoms with Crippen LogP contribution >= 0.6 is 0 Å². The summed E-state index contributed by atoms with van der Waals surface area (Å²) in [6.45, 7) is 4.17. The number of ether oxygens (including phenoxy) is 2. The number of hydrogen-bond acceptors (Lipinski definition) is 3. The van der Waals surface area contributed by atoms with Gasteiger partial charge >= 0.3 is 6.09 Å². The van der Waals surface area contributed by atoms with Crippen molar-refractivity contribution in [2.75, 3.05) is 19.0 Å². The molecule has 16 heavy (non-hydrogen) atoms.